The highest BCUT2D eigenvalue weighted by Crippen LogP contribution is 2.13. The molecule has 4 N–H and O–H groups in total. The number of hydrogen-bond donors (Lipinski definition) is 3. The van der Waals surface area contributed by atoms with Gasteiger partial charge in [0.15, 0.2) is 5.96 Å². The second kappa shape index (κ2) is 5.50. The van der Waals surface area contributed by atoms with Crippen LogP contribution in [0.15, 0.2) is 49.1 Å². The minimum Gasteiger partial charge on any atom is -0.370 e. The van der Waals surface area contributed by atoms with Crippen molar-refractivity contribution in [1.82, 2.24) is 5.32 Å². The van der Waals surface area contributed by atoms with E-state index in [-0.39, 0.29) is 5.96 Å². The van der Waals surface area contributed by atoms with Crippen LogP contribution in [-0.4, -0.2) is 11.9 Å². The lowest BCUT2D eigenvalue weighted by atomic mass is 10.1. The van der Waals surface area contributed by atoms with Crippen molar-refractivity contribution in [3.8, 4) is 0 Å². The van der Waals surface area contributed by atoms with E-state index in [0.29, 0.717) is 5.57 Å². The highest BCUT2D eigenvalue weighted by Gasteiger charge is 2.10. The Morgan fingerprint density at radius 2 is 2.00 bits per heavy atom. The number of rotatable bonds is 3. The maximum absolute atomic E-state index is 11.7. The van der Waals surface area contributed by atoms with Crippen LogP contribution in [0.1, 0.15) is 5.56 Å². The van der Waals surface area contributed by atoms with Crippen LogP contribution in [0.25, 0.3) is 5.57 Å². The lowest BCUT2D eigenvalue weighted by Crippen LogP contribution is -2.36. The lowest BCUT2D eigenvalue weighted by Gasteiger charge is -2.06. The van der Waals surface area contributed by atoms with E-state index in [4.69, 9.17) is 11.1 Å². The first-order chi connectivity index (χ1) is 7.65. The summed E-state index contributed by atoms with van der Waals surface area (Å²) in [5, 5.41) is 9.24. The van der Waals surface area contributed by atoms with Crippen molar-refractivity contribution in [1.29, 1.82) is 5.41 Å². The molecule has 1 rings (SSSR count). The Hall–Kier alpha value is -2.36. The normalized spacial score (nSPS) is 10.6. The van der Waals surface area contributed by atoms with E-state index in [2.05, 4.69) is 11.9 Å². The summed E-state index contributed by atoms with van der Waals surface area (Å²) in [7, 11) is 0. The molecule has 0 spiro atoms. The summed E-state index contributed by atoms with van der Waals surface area (Å²) in [5.74, 6) is -0.797. The first kappa shape index (κ1) is 11.7. The van der Waals surface area contributed by atoms with E-state index in [9.17, 15) is 4.79 Å². The van der Waals surface area contributed by atoms with Crippen LogP contribution in [0.3, 0.4) is 0 Å². The molecule has 16 heavy (non-hydrogen) atoms. The minimum atomic E-state index is -0.418. The van der Waals surface area contributed by atoms with Crippen molar-refractivity contribution in [2.45, 2.75) is 0 Å². The molecule has 4 nitrogen and oxygen atoms in total. The summed E-state index contributed by atoms with van der Waals surface area (Å²) in [5.41, 5.74) is 6.28. The second-order valence-electron chi connectivity index (χ2n) is 3.05. The molecular formula is C12H13N3O. The number of carbonyl (C=O) groups excluding carboxylic acids is 1. The molecule has 0 bridgehead atoms. The van der Waals surface area contributed by atoms with E-state index in [0.717, 1.165) is 5.56 Å². The fraction of sp³-hybridized carbons (Fsp3) is 0. The van der Waals surface area contributed by atoms with Gasteiger partial charge in [0.25, 0.3) is 5.91 Å². The highest BCUT2D eigenvalue weighted by molar-refractivity contribution is 6.23. The first-order valence-electron chi connectivity index (χ1n) is 4.68. The third-order valence-electron chi connectivity index (χ3n) is 1.86. The summed E-state index contributed by atoms with van der Waals surface area (Å²) in [6.45, 7) is 3.55. The molecule has 4 heteroatoms. The number of guanidine groups is 1. The summed E-state index contributed by atoms with van der Waals surface area (Å²) in [4.78, 5) is 11.7. The van der Waals surface area contributed by atoms with Gasteiger partial charge in [0.05, 0.1) is 0 Å². The van der Waals surface area contributed by atoms with Gasteiger partial charge in [-0.1, -0.05) is 43.0 Å². The molecule has 1 aromatic rings. The van der Waals surface area contributed by atoms with Crippen molar-refractivity contribution in [2.24, 2.45) is 5.73 Å². The monoisotopic (exact) mass is 215 g/mol. The Morgan fingerprint density at radius 1 is 1.38 bits per heavy atom. The highest BCUT2D eigenvalue weighted by atomic mass is 16.1. The van der Waals surface area contributed by atoms with Gasteiger partial charge < -0.3 is 5.73 Å². The van der Waals surface area contributed by atoms with Crippen LogP contribution in [0.5, 0.6) is 0 Å². The quantitative estimate of drug-likeness (QED) is 0.307. The van der Waals surface area contributed by atoms with Gasteiger partial charge in [-0.25, -0.2) is 0 Å². The third kappa shape index (κ3) is 3.09. The van der Waals surface area contributed by atoms with Crippen molar-refractivity contribution < 1.29 is 4.79 Å². The molecule has 0 unspecified atom stereocenters. The van der Waals surface area contributed by atoms with Gasteiger partial charge in [0.1, 0.15) is 0 Å². The summed E-state index contributed by atoms with van der Waals surface area (Å²) < 4.78 is 0. The molecule has 0 aliphatic carbocycles. The van der Waals surface area contributed by atoms with Crippen molar-refractivity contribution in [3.05, 3.63) is 54.6 Å². The Bertz CT molecular complexity index is 435. The number of amides is 1. The van der Waals surface area contributed by atoms with Crippen molar-refractivity contribution in [3.63, 3.8) is 0 Å². The molecule has 0 heterocycles. The van der Waals surface area contributed by atoms with Gasteiger partial charge in [0.2, 0.25) is 0 Å². The Labute approximate surface area is 94.0 Å². The molecule has 1 amide bonds. The number of nitrogens with two attached hydrogens (primary N) is 1. The number of benzene rings is 1. The standard InChI is InChI=1S/C12H13N3O/c1-2-6-10(11(16)15-12(13)14)9-7-4-3-5-8-9/h2-8H,1H2,(H4,13,14,15,16)/b10-6+. The van der Waals surface area contributed by atoms with Crippen LogP contribution in [-0.2, 0) is 4.79 Å². The zero-order valence-electron chi connectivity index (χ0n) is 8.73. The fourth-order valence-electron chi connectivity index (χ4n) is 1.23. The topological polar surface area (TPSA) is 79.0 Å². The van der Waals surface area contributed by atoms with Gasteiger partial charge in [-0.15, -0.1) is 0 Å². The maximum Gasteiger partial charge on any atom is 0.258 e. The summed E-state index contributed by atoms with van der Waals surface area (Å²) in [6, 6.07) is 9.11. The lowest BCUT2D eigenvalue weighted by molar-refractivity contribution is -0.114. The molecular weight excluding hydrogens is 202 g/mol. The van der Waals surface area contributed by atoms with Gasteiger partial charge in [0, 0.05) is 5.57 Å². The molecule has 0 saturated heterocycles. The third-order valence-corrected chi connectivity index (χ3v) is 1.86. The Balaban J connectivity index is 3.02. The van der Waals surface area contributed by atoms with Crippen LogP contribution in [0.4, 0.5) is 0 Å². The predicted molar refractivity (Wildman–Crippen MR) is 64.7 cm³/mol. The van der Waals surface area contributed by atoms with Gasteiger partial charge in [-0.05, 0) is 11.6 Å². The average molecular weight is 215 g/mol. The molecule has 1 aromatic carbocycles. The number of carbonyl (C=O) groups is 1. The van der Waals surface area contributed by atoms with Crippen molar-refractivity contribution in [2.75, 3.05) is 0 Å². The zero-order valence-corrected chi connectivity index (χ0v) is 8.73. The number of nitrogens with one attached hydrogen (secondary N) is 2. The van der Waals surface area contributed by atoms with Crippen LogP contribution < -0.4 is 11.1 Å². The number of allylic oxidation sites excluding steroid dienone is 2. The molecule has 0 radical (unpaired) electrons. The Kier molecular flexibility index (Phi) is 4.03. The zero-order chi connectivity index (χ0) is 12.0. The average Bonchev–Trinajstić information content (AvgIpc) is 2.26. The summed E-state index contributed by atoms with van der Waals surface area (Å²) >= 11 is 0. The van der Waals surface area contributed by atoms with Gasteiger partial charge >= 0.3 is 0 Å². The molecule has 0 fully saturated rings. The summed E-state index contributed by atoms with van der Waals surface area (Å²) in [6.07, 6.45) is 3.09. The van der Waals surface area contributed by atoms with E-state index in [1.54, 1.807) is 18.2 Å². The molecule has 0 aliphatic heterocycles. The van der Waals surface area contributed by atoms with Crippen molar-refractivity contribution >= 4 is 17.4 Å². The molecule has 0 aromatic heterocycles. The molecule has 0 aliphatic rings. The largest absolute Gasteiger partial charge is 0.370 e. The fourth-order valence-corrected chi connectivity index (χ4v) is 1.23. The smallest absolute Gasteiger partial charge is 0.258 e. The van der Waals surface area contributed by atoms with Crippen LogP contribution in [0.2, 0.25) is 0 Å². The van der Waals surface area contributed by atoms with Crippen LogP contribution in [0, 0.1) is 5.41 Å². The van der Waals surface area contributed by atoms with E-state index < -0.39 is 5.91 Å². The Morgan fingerprint density at radius 3 is 2.50 bits per heavy atom. The maximum atomic E-state index is 11.7. The minimum absolute atomic E-state index is 0.379. The van der Waals surface area contributed by atoms with Gasteiger partial charge in [-0.2, -0.15) is 0 Å². The molecule has 82 valence electrons. The SMILES string of the molecule is C=C/C=C(/C(=O)NC(=N)N)c1ccccc1. The first-order valence-corrected chi connectivity index (χ1v) is 4.68. The molecule has 0 atom stereocenters. The van der Waals surface area contributed by atoms with E-state index in [1.807, 2.05) is 18.2 Å². The molecule has 0 saturated carbocycles. The van der Waals surface area contributed by atoms with E-state index >= 15 is 0 Å². The second-order valence-corrected chi connectivity index (χ2v) is 3.05. The van der Waals surface area contributed by atoms with Gasteiger partial charge in [-0.3, -0.25) is 15.5 Å². The van der Waals surface area contributed by atoms with Crippen LogP contribution >= 0.6 is 0 Å². The number of hydrogen-bond acceptors (Lipinski definition) is 2. The predicted octanol–water partition coefficient (Wildman–Crippen LogP) is 1.27. The van der Waals surface area contributed by atoms with E-state index in [1.165, 1.54) is 6.08 Å².